The van der Waals surface area contributed by atoms with Crippen molar-refractivity contribution in [3.63, 3.8) is 0 Å². The van der Waals surface area contributed by atoms with Gasteiger partial charge in [0, 0.05) is 0 Å². The third-order valence-corrected chi connectivity index (χ3v) is 4.95. The van der Waals surface area contributed by atoms with Crippen LogP contribution in [0.2, 0.25) is 5.02 Å². The maximum Gasteiger partial charge on any atom is 0.329 e. The number of anilines is 1. The highest BCUT2D eigenvalue weighted by molar-refractivity contribution is 6.36. The van der Waals surface area contributed by atoms with Gasteiger partial charge in [-0.05, 0) is 37.8 Å². The molecule has 23 heavy (non-hydrogen) atoms. The highest BCUT2D eigenvalue weighted by Gasteiger charge is 2.53. The summed E-state index contributed by atoms with van der Waals surface area (Å²) in [6, 6.07) is 6.26. The molecule has 1 aromatic rings. The Kier molecular flexibility index (Phi) is 4.02. The summed E-state index contributed by atoms with van der Waals surface area (Å²) < 4.78 is 4.76. The van der Waals surface area contributed by atoms with Gasteiger partial charge >= 0.3 is 12.0 Å². The molecule has 0 radical (unpaired) electrons. The topological polar surface area (TPSA) is 75.7 Å². The SMILES string of the molecule is COC(=O)C1CCC2(CC1)NC(=O)N(c1ccccc1Cl)C2=O. The summed E-state index contributed by atoms with van der Waals surface area (Å²) in [7, 11) is 1.36. The summed E-state index contributed by atoms with van der Waals surface area (Å²) in [6.07, 6.45) is 1.85. The molecule has 1 saturated heterocycles. The molecule has 1 aliphatic heterocycles. The lowest BCUT2D eigenvalue weighted by molar-refractivity contribution is -0.147. The van der Waals surface area contributed by atoms with Gasteiger partial charge in [-0.2, -0.15) is 0 Å². The van der Waals surface area contributed by atoms with Gasteiger partial charge in [0.25, 0.3) is 5.91 Å². The van der Waals surface area contributed by atoms with Gasteiger partial charge in [0.15, 0.2) is 0 Å². The highest BCUT2D eigenvalue weighted by atomic mass is 35.5. The van der Waals surface area contributed by atoms with Crippen molar-refractivity contribution in [2.45, 2.75) is 31.2 Å². The first-order valence-electron chi connectivity index (χ1n) is 7.47. The molecule has 0 aromatic heterocycles. The first-order valence-corrected chi connectivity index (χ1v) is 7.85. The Hall–Kier alpha value is -2.08. The number of urea groups is 1. The van der Waals surface area contributed by atoms with E-state index in [-0.39, 0.29) is 17.8 Å². The molecule has 0 unspecified atom stereocenters. The Morgan fingerprint density at radius 1 is 1.30 bits per heavy atom. The van der Waals surface area contributed by atoms with Crippen LogP contribution < -0.4 is 10.2 Å². The number of imide groups is 1. The zero-order valence-corrected chi connectivity index (χ0v) is 13.4. The number of benzene rings is 1. The highest BCUT2D eigenvalue weighted by Crippen LogP contribution is 2.39. The summed E-state index contributed by atoms with van der Waals surface area (Å²) in [5.74, 6) is -0.789. The second-order valence-electron chi connectivity index (χ2n) is 5.90. The van der Waals surface area contributed by atoms with E-state index in [0.717, 1.165) is 4.90 Å². The van der Waals surface area contributed by atoms with Gasteiger partial charge in [0.05, 0.1) is 23.7 Å². The fourth-order valence-electron chi connectivity index (χ4n) is 3.32. The lowest BCUT2D eigenvalue weighted by atomic mass is 9.76. The van der Waals surface area contributed by atoms with Gasteiger partial charge < -0.3 is 10.1 Å². The number of para-hydroxylation sites is 1. The number of methoxy groups -OCH3 is 1. The fraction of sp³-hybridized carbons (Fsp3) is 0.438. The number of hydrogen-bond acceptors (Lipinski definition) is 4. The van der Waals surface area contributed by atoms with Crippen molar-refractivity contribution in [2.75, 3.05) is 12.0 Å². The molecule has 1 saturated carbocycles. The molecule has 0 atom stereocenters. The number of hydrogen-bond donors (Lipinski definition) is 1. The number of esters is 1. The average molecular weight is 337 g/mol. The van der Waals surface area contributed by atoms with E-state index in [1.807, 2.05) is 0 Å². The number of nitrogens with one attached hydrogen (secondary N) is 1. The van der Waals surface area contributed by atoms with Crippen molar-refractivity contribution in [1.82, 2.24) is 5.32 Å². The average Bonchev–Trinajstić information content (AvgIpc) is 2.79. The molecule has 3 rings (SSSR count). The van der Waals surface area contributed by atoms with E-state index in [4.69, 9.17) is 16.3 Å². The van der Waals surface area contributed by atoms with Crippen molar-refractivity contribution >= 4 is 35.2 Å². The number of carbonyl (C=O) groups excluding carboxylic acids is 3. The van der Waals surface area contributed by atoms with Crippen LogP contribution in [0.5, 0.6) is 0 Å². The second-order valence-corrected chi connectivity index (χ2v) is 6.31. The number of carbonyl (C=O) groups is 3. The minimum Gasteiger partial charge on any atom is -0.469 e. The molecular weight excluding hydrogens is 320 g/mol. The van der Waals surface area contributed by atoms with Gasteiger partial charge in [0.2, 0.25) is 0 Å². The van der Waals surface area contributed by atoms with Gasteiger partial charge in [-0.25, -0.2) is 9.69 Å². The Bertz CT molecular complexity index is 668. The number of rotatable bonds is 2. The molecule has 0 bridgehead atoms. The van der Waals surface area contributed by atoms with Crippen molar-refractivity contribution in [1.29, 1.82) is 0 Å². The van der Waals surface area contributed by atoms with Crippen LogP contribution in [-0.4, -0.2) is 30.6 Å². The first kappa shape index (κ1) is 15.8. The largest absolute Gasteiger partial charge is 0.469 e. The van der Waals surface area contributed by atoms with Crippen LogP contribution in [0.1, 0.15) is 25.7 Å². The quantitative estimate of drug-likeness (QED) is 0.665. The smallest absolute Gasteiger partial charge is 0.329 e. The molecular formula is C16H17ClN2O4. The van der Waals surface area contributed by atoms with E-state index < -0.39 is 11.6 Å². The standard InChI is InChI=1S/C16H17ClN2O4/c1-23-13(20)10-6-8-16(9-7-10)14(21)19(15(22)18-16)12-5-3-2-4-11(12)17/h2-5,10H,6-9H2,1H3,(H,18,22). The molecule has 3 amide bonds. The minimum atomic E-state index is -0.944. The van der Waals surface area contributed by atoms with Crippen LogP contribution in [0, 0.1) is 5.92 Å². The Morgan fingerprint density at radius 2 is 1.96 bits per heavy atom. The lowest BCUT2D eigenvalue weighted by Gasteiger charge is -2.33. The zero-order chi connectivity index (χ0) is 16.6. The third kappa shape index (κ3) is 2.57. The number of amides is 3. The van der Waals surface area contributed by atoms with E-state index in [0.29, 0.717) is 36.4 Å². The predicted octanol–water partition coefficient (Wildman–Crippen LogP) is 2.50. The summed E-state index contributed by atoms with van der Waals surface area (Å²) in [6.45, 7) is 0. The normalized spacial score (nSPS) is 27.2. The Balaban J connectivity index is 1.83. The molecule has 6 nitrogen and oxygen atoms in total. The van der Waals surface area contributed by atoms with Crippen LogP contribution in [0.4, 0.5) is 10.5 Å². The molecule has 1 aromatic carbocycles. The van der Waals surface area contributed by atoms with Crippen LogP contribution in [0.25, 0.3) is 0 Å². The van der Waals surface area contributed by atoms with E-state index >= 15 is 0 Å². The Morgan fingerprint density at radius 3 is 2.57 bits per heavy atom. The van der Waals surface area contributed by atoms with Crippen molar-refractivity contribution in [2.24, 2.45) is 5.92 Å². The van der Waals surface area contributed by atoms with E-state index in [2.05, 4.69) is 5.32 Å². The summed E-state index contributed by atoms with van der Waals surface area (Å²) in [5.41, 5.74) is -0.565. The maximum absolute atomic E-state index is 12.9. The van der Waals surface area contributed by atoms with E-state index in [1.165, 1.54) is 7.11 Å². The molecule has 122 valence electrons. The van der Waals surface area contributed by atoms with Crippen LogP contribution in [0.15, 0.2) is 24.3 Å². The van der Waals surface area contributed by atoms with E-state index in [1.54, 1.807) is 24.3 Å². The van der Waals surface area contributed by atoms with Crippen LogP contribution in [0.3, 0.4) is 0 Å². The number of halogens is 1. The molecule has 1 aliphatic carbocycles. The monoisotopic (exact) mass is 336 g/mol. The van der Waals surface area contributed by atoms with Gasteiger partial charge in [-0.3, -0.25) is 9.59 Å². The Labute approximate surface area is 138 Å². The second kappa shape index (κ2) is 5.85. The lowest BCUT2D eigenvalue weighted by Crippen LogP contribution is -2.50. The summed E-state index contributed by atoms with van der Waals surface area (Å²) in [4.78, 5) is 37.9. The van der Waals surface area contributed by atoms with Gasteiger partial charge in [0.1, 0.15) is 5.54 Å². The molecule has 1 N–H and O–H groups in total. The summed E-state index contributed by atoms with van der Waals surface area (Å²) >= 11 is 6.11. The zero-order valence-electron chi connectivity index (χ0n) is 12.7. The van der Waals surface area contributed by atoms with Crippen molar-refractivity contribution in [3.8, 4) is 0 Å². The fourth-order valence-corrected chi connectivity index (χ4v) is 3.54. The predicted molar refractivity (Wildman–Crippen MR) is 84.2 cm³/mol. The maximum atomic E-state index is 12.9. The molecule has 2 aliphatic rings. The number of nitrogens with zero attached hydrogens (tertiary/aromatic N) is 1. The van der Waals surface area contributed by atoms with Crippen molar-refractivity contribution < 1.29 is 19.1 Å². The van der Waals surface area contributed by atoms with Crippen molar-refractivity contribution in [3.05, 3.63) is 29.3 Å². The van der Waals surface area contributed by atoms with E-state index in [9.17, 15) is 14.4 Å². The van der Waals surface area contributed by atoms with Gasteiger partial charge in [-0.1, -0.05) is 23.7 Å². The minimum absolute atomic E-state index is 0.218. The molecule has 1 heterocycles. The first-order chi connectivity index (χ1) is 11.0. The van der Waals surface area contributed by atoms with Gasteiger partial charge in [-0.15, -0.1) is 0 Å². The summed E-state index contributed by atoms with van der Waals surface area (Å²) in [5, 5.41) is 3.14. The molecule has 7 heteroatoms. The number of ether oxygens (including phenoxy) is 1. The molecule has 1 spiro atoms. The third-order valence-electron chi connectivity index (χ3n) is 4.63. The molecule has 2 fully saturated rings. The van der Waals surface area contributed by atoms with Crippen LogP contribution >= 0.6 is 11.6 Å². The van der Waals surface area contributed by atoms with Crippen LogP contribution in [-0.2, 0) is 14.3 Å².